The van der Waals surface area contributed by atoms with E-state index in [0.29, 0.717) is 0 Å². The van der Waals surface area contributed by atoms with E-state index in [2.05, 4.69) is 0 Å². The molecular weight excluding hydrogens is 228 g/mol. The molecule has 0 spiro atoms. The lowest BCUT2D eigenvalue weighted by molar-refractivity contribution is 0.0572. The predicted molar refractivity (Wildman–Crippen MR) is 72.7 cm³/mol. The van der Waals surface area contributed by atoms with Crippen molar-refractivity contribution in [1.29, 1.82) is 0 Å². The maximum Gasteiger partial charge on any atom is 0.415 e. The largest absolute Gasteiger partial charge is 0.443 e. The van der Waals surface area contributed by atoms with Gasteiger partial charge in [-0.15, -0.1) is 0 Å². The molecule has 0 aromatic heterocycles. The molecule has 0 radical (unpaired) electrons. The number of carbonyl (C=O) groups is 1. The van der Waals surface area contributed by atoms with Gasteiger partial charge in [-0.05, 0) is 57.9 Å². The van der Waals surface area contributed by atoms with E-state index in [1.165, 1.54) is 0 Å². The quantitative estimate of drug-likeness (QED) is 0.718. The summed E-state index contributed by atoms with van der Waals surface area (Å²) in [6, 6.07) is 5.74. The summed E-state index contributed by atoms with van der Waals surface area (Å²) in [5.74, 6) is 0. The average Bonchev–Trinajstić information content (AvgIpc) is 2.50. The topological polar surface area (TPSA) is 55.6 Å². The van der Waals surface area contributed by atoms with Gasteiger partial charge in [0.05, 0.1) is 5.69 Å². The van der Waals surface area contributed by atoms with Gasteiger partial charge in [-0.25, -0.2) is 4.79 Å². The van der Waals surface area contributed by atoms with E-state index in [0.717, 1.165) is 23.4 Å². The summed E-state index contributed by atoms with van der Waals surface area (Å²) in [5, 5.41) is 0. The number of rotatable bonds is 0. The molecule has 0 aliphatic carbocycles. The first-order valence-corrected chi connectivity index (χ1v) is 6.18. The Kier molecular flexibility index (Phi) is 2.97. The van der Waals surface area contributed by atoms with Gasteiger partial charge in [0.2, 0.25) is 0 Å². The van der Waals surface area contributed by atoms with Crippen LogP contribution in [0.25, 0.3) is 0 Å². The van der Waals surface area contributed by atoms with Gasteiger partial charge < -0.3 is 10.5 Å². The number of hydrogen-bond acceptors (Lipinski definition) is 3. The number of carbonyl (C=O) groups excluding carboxylic acids is 1. The molecule has 2 N–H and O–H groups in total. The number of fused-ring (bicyclic) bond motifs is 1. The van der Waals surface area contributed by atoms with Gasteiger partial charge in [0.15, 0.2) is 0 Å². The Hall–Kier alpha value is -1.71. The fourth-order valence-electron chi connectivity index (χ4n) is 2.24. The van der Waals surface area contributed by atoms with Gasteiger partial charge in [0, 0.05) is 11.7 Å². The maximum atomic E-state index is 12.2. The zero-order chi connectivity index (χ0) is 13.5. The standard InChI is InChI=1S/C14H20N2O2/c1-9-7-10-8-11(15)5-6-12(10)16(9)13(17)18-14(2,3)4/h5-6,8-9H,7,15H2,1-4H3. The van der Waals surface area contributed by atoms with Crippen molar-refractivity contribution in [3.8, 4) is 0 Å². The van der Waals surface area contributed by atoms with E-state index in [9.17, 15) is 4.79 Å². The van der Waals surface area contributed by atoms with E-state index >= 15 is 0 Å². The molecule has 4 nitrogen and oxygen atoms in total. The van der Waals surface area contributed by atoms with Crippen LogP contribution in [0.5, 0.6) is 0 Å². The molecule has 0 saturated heterocycles. The first-order chi connectivity index (χ1) is 8.28. The zero-order valence-corrected chi connectivity index (χ0v) is 11.4. The Morgan fingerprint density at radius 2 is 2.11 bits per heavy atom. The first-order valence-electron chi connectivity index (χ1n) is 6.18. The molecule has 4 heteroatoms. The van der Waals surface area contributed by atoms with Gasteiger partial charge in [-0.3, -0.25) is 4.90 Å². The third kappa shape index (κ3) is 2.42. The van der Waals surface area contributed by atoms with Crippen LogP contribution in [-0.4, -0.2) is 17.7 Å². The van der Waals surface area contributed by atoms with Gasteiger partial charge in [-0.1, -0.05) is 0 Å². The van der Waals surface area contributed by atoms with Crippen molar-refractivity contribution in [3.63, 3.8) is 0 Å². The fraction of sp³-hybridized carbons (Fsp3) is 0.500. The van der Waals surface area contributed by atoms with Gasteiger partial charge in [0.25, 0.3) is 0 Å². The van der Waals surface area contributed by atoms with Crippen molar-refractivity contribution in [2.24, 2.45) is 0 Å². The number of nitrogens with zero attached hydrogens (tertiary/aromatic N) is 1. The molecule has 1 aliphatic heterocycles. The lowest BCUT2D eigenvalue weighted by atomic mass is 10.1. The summed E-state index contributed by atoms with van der Waals surface area (Å²) in [6.45, 7) is 7.63. The highest BCUT2D eigenvalue weighted by atomic mass is 16.6. The second kappa shape index (κ2) is 4.19. The van der Waals surface area contributed by atoms with Crippen LogP contribution in [0.4, 0.5) is 16.2 Å². The highest BCUT2D eigenvalue weighted by Crippen LogP contribution is 2.34. The number of benzene rings is 1. The van der Waals surface area contributed by atoms with E-state index in [4.69, 9.17) is 10.5 Å². The van der Waals surface area contributed by atoms with Crippen LogP contribution in [0.1, 0.15) is 33.3 Å². The molecule has 1 aliphatic rings. The van der Waals surface area contributed by atoms with Gasteiger partial charge in [0.1, 0.15) is 5.60 Å². The van der Waals surface area contributed by atoms with Crippen molar-refractivity contribution in [2.75, 3.05) is 10.6 Å². The maximum absolute atomic E-state index is 12.2. The average molecular weight is 248 g/mol. The minimum Gasteiger partial charge on any atom is -0.443 e. The smallest absolute Gasteiger partial charge is 0.415 e. The lowest BCUT2D eigenvalue weighted by Gasteiger charge is -2.27. The number of amides is 1. The summed E-state index contributed by atoms with van der Waals surface area (Å²) in [7, 11) is 0. The fourth-order valence-corrected chi connectivity index (χ4v) is 2.24. The van der Waals surface area contributed by atoms with Crippen molar-refractivity contribution in [2.45, 2.75) is 45.8 Å². The molecule has 1 heterocycles. The molecule has 1 amide bonds. The molecule has 0 saturated carbocycles. The third-order valence-corrected chi connectivity index (χ3v) is 2.91. The molecule has 2 rings (SSSR count). The van der Waals surface area contributed by atoms with Gasteiger partial charge >= 0.3 is 6.09 Å². The van der Waals surface area contributed by atoms with E-state index in [1.54, 1.807) is 4.90 Å². The highest BCUT2D eigenvalue weighted by Gasteiger charge is 2.33. The molecule has 18 heavy (non-hydrogen) atoms. The SMILES string of the molecule is CC1Cc2cc(N)ccc2N1C(=O)OC(C)(C)C. The zero-order valence-electron chi connectivity index (χ0n) is 11.4. The second-order valence-corrected chi connectivity index (χ2v) is 5.79. The van der Waals surface area contributed by atoms with Gasteiger partial charge in [-0.2, -0.15) is 0 Å². The Bertz CT molecular complexity index is 477. The number of nitrogens with two attached hydrogens (primary N) is 1. The number of ether oxygens (including phenoxy) is 1. The first kappa shape index (κ1) is 12.7. The summed E-state index contributed by atoms with van der Waals surface area (Å²) in [6.07, 6.45) is 0.526. The number of anilines is 2. The summed E-state index contributed by atoms with van der Waals surface area (Å²) in [5.41, 5.74) is 8.03. The number of nitrogen functional groups attached to an aromatic ring is 1. The Morgan fingerprint density at radius 1 is 1.44 bits per heavy atom. The Labute approximate surface area is 108 Å². The molecule has 1 unspecified atom stereocenters. The van der Waals surface area contributed by atoms with E-state index in [-0.39, 0.29) is 12.1 Å². The van der Waals surface area contributed by atoms with Crippen LogP contribution >= 0.6 is 0 Å². The van der Waals surface area contributed by atoms with Crippen molar-refractivity contribution >= 4 is 17.5 Å². The monoisotopic (exact) mass is 248 g/mol. The minimum absolute atomic E-state index is 0.108. The van der Waals surface area contributed by atoms with Crippen LogP contribution in [0.15, 0.2) is 18.2 Å². The number of hydrogen-bond donors (Lipinski definition) is 1. The second-order valence-electron chi connectivity index (χ2n) is 5.79. The molecule has 1 atom stereocenters. The molecule has 98 valence electrons. The highest BCUT2D eigenvalue weighted by molar-refractivity contribution is 5.91. The Balaban J connectivity index is 2.28. The third-order valence-electron chi connectivity index (χ3n) is 2.91. The molecular formula is C14H20N2O2. The van der Waals surface area contributed by atoms with Crippen molar-refractivity contribution in [1.82, 2.24) is 0 Å². The lowest BCUT2D eigenvalue weighted by Crippen LogP contribution is -2.40. The molecule has 0 bridgehead atoms. The molecule has 1 aromatic rings. The minimum atomic E-state index is -0.479. The van der Waals surface area contributed by atoms with Crippen molar-refractivity contribution in [3.05, 3.63) is 23.8 Å². The van der Waals surface area contributed by atoms with E-state index < -0.39 is 5.60 Å². The van der Waals surface area contributed by atoms with Crippen molar-refractivity contribution < 1.29 is 9.53 Å². The van der Waals surface area contributed by atoms with Crippen LogP contribution in [-0.2, 0) is 11.2 Å². The Morgan fingerprint density at radius 3 is 2.72 bits per heavy atom. The predicted octanol–water partition coefficient (Wildman–Crippen LogP) is 2.95. The molecule has 0 fully saturated rings. The summed E-state index contributed by atoms with van der Waals surface area (Å²) < 4.78 is 5.43. The molecule has 1 aromatic carbocycles. The van der Waals surface area contributed by atoms with Crippen LogP contribution in [0.2, 0.25) is 0 Å². The van der Waals surface area contributed by atoms with Crippen LogP contribution in [0, 0.1) is 0 Å². The van der Waals surface area contributed by atoms with E-state index in [1.807, 2.05) is 45.9 Å². The summed E-state index contributed by atoms with van der Waals surface area (Å²) >= 11 is 0. The normalized spacial score (nSPS) is 18.7. The van der Waals surface area contributed by atoms with Crippen LogP contribution in [0.3, 0.4) is 0 Å². The van der Waals surface area contributed by atoms with Crippen LogP contribution < -0.4 is 10.6 Å². The summed E-state index contributed by atoms with van der Waals surface area (Å²) in [4.78, 5) is 13.9.